The summed E-state index contributed by atoms with van der Waals surface area (Å²) in [6.45, 7) is 3.34. The molecule has 0 unspecified atom stereocenters. The van der Waals surface area contributed by atoms with E-state index in [0.29, 0.717) is 42.9 Å². The predicted molar refractivity (Wildman–Crippen MR) is 116 cm³/mol. The van der Waals surface area contributed by atoms with Gasteiger partial charge >= 0.3 is 0 Å². The van der Waals surface area contributed by atoms with Gasteiger partial charge in [-0.3, -0.25) is 19.7 Å². The summed E-state index contributed by atoms with van der Waals surface area (Å²) in [4.78, 5) is 38.5. The molecule has 3 rings (SSSR count). The van der Waals surface area contributed by atoms with Crippen LogP contribution >= 0.6 is 23.2 Å². The van der Waals surface area contributed by atoms with E-state index in [1.807, 2.05) is 0 Å². The largest absolute Gasteiger partial charge is 0.339 e. The molecule has 0 spiro atoms. The van der Waals surface area contributed by atoms with Gasteiger partial charge in [-0.1, -0.05) is 47.5 Å². The van der Waals surface area contributed by atoms with Crippen molar-refractivity contribution in [1.29, 1.82) is 0 Å². The Kier molecular flexibility index (Phi) is 6.74. The number of nitro benzene ring substituents is 1. The Labute approximate surface area is 183 Å². The lowest BCUT2D eigenvalue weighted by atomic mass is 9.97. The molecule has 7 nitrogen and oxygen atoms in total. The van der Waals surface area contributed by atoms with Gasteiger partial charge in [-0.05, 0) is 17.7 Å². The Morgan fingerprint density at radius 1 is 1.03 bits per heavy atom. The molecule has 1 aliphatic rings. The normalized spacial score (nSPS) is 14.2. The molecule has 0 N–H and O–H groups in total. The summed E-state index contributed by atoms with van der Waals surface area (Å²) >= 11 is 12.4. The zero-order valence-electron chi connectivity index (χ0n) is 16.2. The number of halogens is 2. The Balaban J connectivity index is 1.92. The van der Waals surface area contributed by atoms with E-state index in [4.69, 9.17) is 23.2 Å². The number of hydrogen-bond acceptors (Lipinski definition) is 4. The molecule has 1 aliphatic heterocycles. The van der Waals surface area contributed by atoms with Gasteiger partial charge in [0.1, 0.15) is 0 Å². The van der Waals surface area contributed by atoms with Crippen LogP contribution in [-0.2, 0) is 9.59 Å². The standard InChI is InChI=1S/C21H19Cl2N3O4/c1-14(27)24-10-12-25(13-11-24)19(28)9-8-15-4-2-7-18(26(29)30)20(15)16-5-3-6-17(22)21(16)23/h2-9H,10-13H2,1H3. The molecule has 1 saturated heterocycles. The minimum atomic E-state index is -0.493. The van der Waals surface area contributed by atoms with Crippen LogP contribution in [0.5, 0.6) is 0 Å². The monoisotopic (exact) mass is 447 g/mol. The first-order valence-electron chi connectivity index (χ1n) is 9.24. The van der Waals surface area contributed by atoms with Crippen molar-refractivity contribution in [2.24, 2.45) is 0 Å². The summed E-state index contributed by atoms with van der Waals surface area (Å²) < 4.78 is 0. The lowest BCUT2D eigenvalue weighted by Crippen LogP contribution is -2.49. The summed E-state index contributed by atoms with van der Waals surface area (Å²) in [6, 6.07) is 9.52. The van der Waals surface area contributed by atoms with Crippen LogP contribution in [0.25, 0.3) is 17.2 Å². The first-order valence-corrected chi connectivity index (χ1v) is 9.99. The van der Waals surface area contributed by atoms with Crippen molar-refractivity contribution >= 4 is 46.8 Å². The molecular formula is C21H19Cl2N3O4. The second-order valence-electron chi connectivity index (χ2n) is 6.76. The minimum Gasteiger partial charge on any atom is -0.339 e. The summed E-state index contributed by atoms with van der Waals surface area (Å²) in [5.41, 5.74) is 1.05. The van der Waals surface area contributed by atoms with Crippen molar-refractivity contribution in [2.75, 3.05) is 26.2 Å². The van der Waals surface area contributed by atoms with Crippen LogP contribution < -0.4 is 0 Å². The Morgan fingerprint density at radius 3 is 2.30 bits per heavy atom. The summed E-state index contributed by atoms with van der Waals surface area (Å²) in [5, 5.41) is 12.1. The van der Waals surface area contributed by atoms with E-state index < -0.39 is 4.92 Å². The maximum atomic E-state index is 12.6. The van der Waals surface area contributed by atoms with E-state index in [2.05, 4.69) is 0 Å². The molecule has 1 heterocycles. The van der Waals surface area contributed by atoms with Crippen molar-refractivity contribution in [3.8, 4) is 11.1 Å². The number of carbonyl (C=O) groups excluding carboxylic acids is 2. The fourth-order valence-electron chi connectivity index (χ4n) is 3.35. The smallest absolute Gasteiger partial charge is 0.277 e. The number of nitro groups is 1. The molecule has 2 aromatic rings. The predicted octanol–water partition coefficient (Wildman–Crippen LogP) is 4.27. The highest BCUT2D eigenvalue weighted by molar-refractivity contribution is 6.43. The van der Waals surface area contributed by atoms with Gasteiger partial charge in [-0.15, -0.1) is 0 Å². The maximum absolute atomic E-state index is 12.6. The highest BCUT2D eigenvalue weighted by Crippen LogP contribution is 2.40. The minimum absolute atomic E-state index is 0.0164. The van der Waals surface area contributed by atoms with Gasteiger partial charge < -0.3 is 9.80 Å². The highest BCUT2D eigenvalue weighted by atomic mass is 35.5. The lowest BCUT2D eigenvalue weighted by molar-refractivity contribution is -0.384. The van der Waals surface area contributed by atoms with E-state index in [1.54, 1.807) is 46.2 Å². The topological polar surface area (TPSA) is 83.8 Å². The molecule has 0 saturated carbocycles. The first-order chi connectivity index (χ1) is 14.3. The Hall–Kier alpha value is -2.90. The molecule has 0 atom stereocenters. The average Bonchev–Trinajstić information content (AvgIpc) is 2.73. The number of hydrogen-bond donors (Lipinski definition) is 0. The van der Waals surface area contributed by atoms with Crippen molar-refractivity contribution < 1.29 is 14.5 Å². The molecule has 0 radical (unpaired) electrons. The molecule has 9 heteroatoms. The molecule has 2 aromatic carbocycles. The second-order valence-corrected chi connectivity index (χ2v) is 7.55. The third kappa shape index (κ3) is 4.63. The number of carbonyl (C=O) groups is 2. The van der Waals surface area contributed by atoms with Crippen molar-refractivity contribution in [3.05, 3.63) is 68.2 Å². The van der Waals surface area contributed by atoms with Gasteiger partial charge in [-0.2, -0.15) is 0 Å². The number of amides is 2. The van der Waals surface area contributed by atoms with Gasteiger partial charge in [-0.25, -0.2) is 0 Å². The van der Waals surface area contributed by atoms with Crippen molar-refractivity contribution in [1.82, 2.24) is 9.80 Å². The molecule has 0 bridgehead atoms. The molecule has 2 amide bonds. The van der Waals surface area contributed by atoms with E-state index >= 15 is 0 Å². The summed E-state index contributed by atoms with van der Waals surface area (Å²) in [5.74, 6) is -0.245. The van der Waals surface area contributed by atoms with Gasteiger partial charge in [0, 0.05) is 50.8 Å². The van der Waals surface area contributed by atoms with Crippen molar-refractivity contribution in [3.63, 3.8) is 0 Å². The van der Waals surface area contributed by atoms with E-state index in [-0.39, 0.29) is 27.5 Å². The van der Waals surface area contributed by atoms with Crippen LogP contribution in [0.1, 0.15) is 12.5 Å². The van der Waals surface area contributed by atoms with Gasteiger partial charge in [0.25, 0.3) is 5.69 Å². The number of piperazine rings is 1. The molecule has 30 heavy (non-hydrogen) atoms. The van der Waals surface area contributed by atoms with Crippen LogP contribution in [0, 0.1) is 10.1 Å². The number of rotatable bonds is 4. The zero-order valence-corrected chi connectivity index (χ0v) is 17.7. The van der Waals surface area contributed by atoms with Crippen LogP contribution in [0.15, 0.2) is 42.5 Å². The van der Waals surface area contributed by atoms with Crippen LogP contribution in [0.4, 0.5) is 5.69 Å². The van der Waals surface area contributed by atoms with Crippen LogP contribution in [0.3, 0.4) is 0 Å². The number of benzene rings is 2. The van der Waals surface area contributed by atoms with Gasteiger partial charge in [0.2, 0.25) is 11.8 Å². The zero-order chi connectivity index (χ0) is 21.8. The maximum Gasteiger partial charge on any atom is 0.277 e. The van der Waals surface area contributed by atoms with E-state index in [0.717, 1.165) is 0 Å². The highest BCUT2D eigenvalue weighted by Gasteiger charge is 2.23. The van der Waals surface area contributed by atoms with Crippen LogP contribution in [-0.4, -0.2) is 52.7 Å². The number of nitrogens with zero attached hydrogens (tertiary/aromatic N) is 3. The fourth-order valence-corrected chi connectivity index (χ4v) is 3.74. The average molecular weight is 448 g/mol. The molecule has 0 aromatic heterocycles. The van der Waals surface area contributed by atoms with Crippen LogP contribution in [0.2, 0.25) is 10.0 Å². The van der Waals surface area contributed by atoms with E-state index in [1.165, 1.54) is 19.1 Å². The second kappa shape index (κ2) is 9.28. The third-order valence-electron chi connectivity index (χ3n) is 4.93. The fraction of sp³-hybridized carbons (Fsp3) is 0.238. The molecule has 1 fully saturated rings. The Morgan fingerprint density at radius 2 is 1.67 bits per heavy atom. The molecule has 0 aliphatic carbocycles. The third-order valence-corrected chi connectivity index (χ3v) is 5.75. The van der Waals surface area contributed by atoms with Gasteiger partial charge in [0.15, 0.2) is 0 Å². The van der Waals surface area contributed by atoms with Crippen molar-refractivity contribution in [2.45, 2.75) is 6.92 Å². The first kappa shape index (κ1) is 21.8. The SMILES string of the molecule is CC(=O)N1CCN(C(=O)C=Cc2cccc([N+](=O)[O-])c2-c2cccc(Cl)c2Cl)CC1. The Bertz CT molecular complexity index is 1030. The van der Waals surface area contributed by atoms with E-state index in [9.17, 15) is 19.7 Å². The van der Waals surface area contributed by atoms with Gasteiger partial charge in [0.05, 0.1) is 20.5 Å². The molecule has 156 valence electrons. The summed E-state index contributed by atoms with van der Waals surface area (Å²) in [6.07, 6.45) is 2.92. The lowest BCUT2D eigenvalue weighted by Gasteiger charge is -2.33. The summed E-state index contributed by atoms with van der Waals surface area (Å²) in [7, 11) is 0. The molecular weight excluding hydrogens is 429 g/mol. The quantitative estimate of drug-likeness (QED) is 0.397.